The molecule has 1 saturated heterocycles. The van der Waals surface area contributed by atoms with Gasteiger partial charge in [0, 0.05) is 40.8 Å². The Balaban J connectivity index is 1.59. The third-order valence-corrected chi connectivity index (χ3v) is 6.46. The highest BCUT2D eigenvalue weighted by Gasteiger charge is 2.31. The minimum atomic E-state index is -0.0804. The van der Waals surface area contributed by atoms with Gasteiger partial charge in [-0.2, -0.15) is 0 Å². The van der Waals surface area contributed by atoms with Crippen LogP contribution in [0.4, 0.5) is 5.69 Å². The number of carbonyl (C=O) groups excluding carboxylic acids is 1. The number of halogens is 4. The van der Waals surface area contributed by atoms with Gasteiger partial charge in [-0.05, 0) is 59.7 Å². The van der Waals surface area contributed by atoms with Crippen molar-refractivity contribution in [3.8, 4) is 0 Å². The number of nitrogens with zero attached hydrogens (tertiary/aromatic N) is 2. The molecule has 3 aromatic rings. The molecule has 0 bridgehead atoms. The van der Waals surface area contributed by atoms with Gasteiger partial charge in [-0.1, -0.05) is 70.7 Å². The first-order valence-corrected chi connectivity index (χ1v) is 11.6. The van der Waals surface area contributed by atoms with Crippen LogP contribution in [0.15, 0.2) is 72.8 Å². The van der Waals surface area contributed by atoms with Gasteiger partial charge >= 0.3 is 0 Å². The maximum Gasteiger partial charge on any atom is 0.246 e. The predicted molar refractivity (Wildman–Crippen MR) is 135 cm³/mol. The molecule has 1 heterocycles. The Morgan fingerprint density at radius 2 is 1.56 bits per heavy atom. The van der Waals surface area contributed by atoms with Crippen LogP contribution in [-0.2, 0) is 4.79 Å². The van der Waals surface area contributed by atoms with E-state index in [1.54, 1.807) is 24.3 Å². The van der Waals surface area contributed by atoms with E-state index in [2.05, 4.69) is 4.90 Å². The molecule has 1 aliphatic rings. The van der Waals surface area contributed by atoms with Gasteiger partial charge in [0.25, 0.3) is 0 Å². The van der Waals surface area contributed by atoms with Crippen LogP contribution in [0, 0.1) is 0 Å². The second-order valence-corrected chi connectivity index (χ2v) is 9.25. The van der Waals surface area contributed by atoms with Gasteiger partial charge in [-0.25, -0.2) is 0 Å². The lowest BCUT2D eigenvalue weighted by atomic mass is 10.0. The summed E-state index contributed by atoms with van der Waals surface area (Å²) in [4.78, 5) is 17.0. The number of carbonyl (C=O) groups is 1. The summed E-state index contributed by atoms with van der Waals surface area (Å²) in [7, 11) is 0. The van der Waals surface area contributed by atoms with Crippen molar-refractivity contribution in [1.82, 2.24) is 4.90 Å². The lowest BCUT2D eigenvalue weighted by Crippen LogP contribution is -2.50. The Kier molecular flexibility index (Phi) is 7.32. The molecular weight excluding hydrogens is 486 g/mol. The summed E-state index contributed by atoms with van der Waals surface area (Å²) in [6.45, 7) is 1.71. The number of hydrogen-bond acceptors (Lipinski definition) is 2. The van der Waals surface area contributed by atoms with Gasteiger partial charge in [-0.3, -0.25) is 4.79 Å². The fourth-order valence-electron chi connectivity index (χ4n) is 3.84. The Hall–Kier alpha value is -2.17. The first-order chi connectivity index (χ1) is 15.4. The van der Waals surface area contributed by atoms with Crippen molar-refractivity contribution < 1.29 is 4.79 Å². The third-order valence-electron chi connectivity index (χ3n) is 5.43. The number of hydrogen-bond donors (Lipinski definition) is 0. The maximum absolute atomic E-state index is 13.0. The molecule has 32 heavy (non-hydrogen) atoms. The average Bonchev–Trinajstić information content (AvgIpc) is 2.78. The molecule has 1 unspecified atom stereocenters. The molecule has 4 rings (SSSR count). The topological polar surface area (TPSA) is 23.6 Å². The summed E-state index contributed by atoms with van der Waals surface area (Å²) in [5.41, 5.74) is 2.82. The van der Waals surface area contributed by atoms with Crippen LogP contribution in [0.5, 0.6) is 0 Å². The molecular formula is C25H20Cl4N2O. The van der Waals surface area contributed by atoms with Gasteiger partial charge in [0.15, 0.2) is 0 Å². The minimum absolute atomic E-state index is 0.0502. The standard InChI is InChI=1S/C25H20Cl4N2O/c26-19-7-5-18(6-8-19)24-16-30(25(32)11-4-17-2-1-3-20(27)14-17)12-13-31(24)23-10-9-21(28)15-22(23)29/h1-11,14-15,24H,12-13,16H2. The van der Waals surface area contributed by atoms with E-state index in [1.165, 1.54) is 0 Å². The van der Waals surface area contributed by atoms with Gasteiger partial charge in [0.1, 0.15) is 0 Å². The normalized spacial score (nSPS) is 16.6. The third kappa shape index (κ3) is 5.41. The lowest BCUT2D eigenvalue weighted by Gasteiger charge is -2.43. The highest BCUT2D eigenvalue weighted by atomic mass is 35.5. The summed E-state index contributed by atoms with van der Waals surface area (Å²) in [6, 6.07) is 20.5. The van der Waals surface area contributed by atoms with Crippen molar-refractivity contribution in [3.05, 3.63) is 104 Å². The lowest BCUT2D eigenvalue weighted by molar-refractivity contribution is -0.126. The van der Waals surface area contributed by atoms with Crippen molar-refractivity contribution in [2.75, 3.05) is 24.5 Å². The molecule has 0 spiro atoms. The van der Waals surface area contributed by atoms with Crippen LogP contribution in [0.1, 0.15) is 17.2 Å². The molecule has 3 aromatic carbocycles. The average molecular weight is 506 g/mol. The maximum atomic E-state index is 13.0. The Labute approximate surface area is 207 Å². The molecule has 1 aliphatic heterocycles. The van der Waals surface area contributed by atoms with E-state index in [1.807, 2.05) is 59.5 Å². The van der Waals surface area contributed by atoms with Crippen LogP contribution in [0.2, 0.25) is 20.1 Å². The summed E-state index contributed by atoms with van der Waals surface area (Å²) in [5.74, 6) is -0.0502. The van der Waals surface area contributed by atoms with E-state index < -0.39 is 0 Å². The molecule has 0 aliphatic carbocycles. The molecule has 1 atom stereocenters. The Morgan fingerprint density at radius 3 is 2.28 bits per heavy atom. The molecule has 0 aromatic heterocycles. The molecule has 0 N–H and O–H groups in total. The number of anilines is 1. The highest BCUT2D eigenvalue weighted by Crippen LogP contribution is 2.36. The zero-order valence-corrected chi connectivity index (χ0v) is 20.0. The number of rotatable bonds is 4. The zero-order valence-electron chi connectivity index (χ0n) is 17.0. The quantitative estimate of drug-likeness (QED) is 0.345. The van der Waals surface area contributed by atoms with Crippen LogP contribution in [-0.4, -0.2) is 30.4 Å². The Morgan fingerprint density at radius 1 is 0.844 bits per heavy atom. The van der Waals surface area contributed by atoms with E-state index in [4.69, 9.17) is 46.4 Å². The van der Waals surface area contributed by atoms with E-state index in [-0.39, 0.29) is 11.9 Å². The van der Waals surface area contributed by atoms with Crippen molar-refractivity contribution in [2.45, 2.75) is 6.04 Å². The minimum Gasteiger partial charge on any atom is -0.360 e. The summed E-state index contributed by atoms with van der Waals surface area (Å²) >= 11 is 24.8. The van der Waals surface area contributed by atoms with Gasteiger partial charge in [0.2, 0.25) is 5.91 Å². The number of benzene rings is 3. The van der Waals surface area contributed by atoms with Gasteiger partial charge in [0.05, 0.1) is 16.8 Å². The molecule has 0 radical (unpaired) electrons. The monoisotopic (exact) mass is 504 g/mol. The molecule has 0 saturated carbocycles. The van der Waals surface area contributed by atoms with Crippen molar-refractivity contribution in [3.63, 3.8) is 0 Å². The smallest absolute Gasteiger partial charge is 0.246 e. The van der Waals surface area contributed by atoms with Crippen LogP contribution in [0.25, 0.3) is 6.08 Å². The summed E-state index contributed by atoms with van der Waals surface area (Å²) in [5, 5.41) is 2.47. The SMILES string of the molecule is O=C(C=Cc1cccc(Cl)c1)N1CCN(c2ccc(Cl)cc2Cl)C(c2ccc(Cl)cc2)C1. The summed E-state index contributed by atoms with van der Waals surface area (Å²) < 4.78 is 0. The van der Waals surface area contributed by atoms with E-state index in [0.29, 0.717) is 39.7 Å². The Bertz CT molecular complexity index is 1150. The molecule has 1 fully saturated rings. The highest BCUT2D eigenvalue weighted by molar-refractivity contribution is 6.36. The van der Waals surface area contributed by atoms with Crippen LogP contribution >= 0.6 is 46.4 Å². The fourth-order valence-corrected chi connectivity index (χ4v) is 4.68. The van der Waals surface area contributed by atoms with Crippen molar-refractivity contribution in [2.24, 2.45) is 0 Å². The largest absolute Gasteiger partial charge is 0.360 e. The van der Waals surface area contributed by atoms with E-state index >= 15 is 0 Å². The number of piperazine rings is 1. The van der Waals surface area contributed by atoms with Crippen LogP contribution < -0.4 is 4.90 Å². The molecule has 7 heteroatoms. The predicted octanol–water partition coefficient (Wildman–Crippen LogP) is 7.40. The van der Waals surface area contributed by atoms with Gasteiger partial charge in [-0.15, -0.1) is 0 Å². The number of amides is 1. The second-order valence-electron chi connectivity index (χ2n) is 7.53. The second kappa shape index (κ2) is 10.2. The summed E-state index contributed by atoms with van der Waals surface area (Å²) in [6.07, 6.45) is 3.38. The first-order valence-electron chi connectivity index (χ1n) is 10.1. The molecule has 164 valence electrons. The molecule has 3 nitrogen and oxygen atoms in total. The fraction of sp³-hybridized carbons (Fsp3) is 0.160. The zero-order chi connectivity index (χ0) is 22.7. The first kappa shape index (κ1) is 23.0. The van der Waals surface area contributed by atoms with Crippen molar-refractivity contribution in [1.29, 1.82) is 0 Å². The van der Waals surface area contributed by atoms with Crippen molar-refractivity contribution >= 4 is 64.1 Å². The van der Waals surface area contributed by atoms with Gasteiger partial charge < -0.3 is 9.80 Å². The van der Waals surface area contributed by atoms with E-state index in [0.717, 1.165) is 16.8 Å². The molecule has 1 amide bonds. The van der Waals surface area contributed by atoms with E-state index in [9.17, 15) is 4.79 Å². The van der Waals surface area contributed by atoms with Crippen LogP contribution in [0.3, 0.4) is 0 Å².